The van der Waals surface area contributed by atoms with Gasteiger partial charge in [-0.05, 0) is 24.1 Å². The van der Waals surface area contributed by atoms with Gasteiger partial charge in [0.1, 0.15) is 6.26 Å². The lowest BCUT2D eigenvalue weighted by Gasteiger charge is -2.05. The van der Waals surface area contributed by atoms with E-state index in [9.17, 15) is 9.59 Å². The van der Waals surface area contributed by atoms with Crippen molar-refractivity contribution in [3.8, 4) is 0 Å². The molecule has 0 fully saturated rings. The van der Waals surface area contributed by atoms with Gasteiger partial charge in [0.2, 0.25) is 0 Å². The third kappa shape index (κ3) is 3.94. The fourth-order valence-corrected chi connectivity index (χ4v) is 2.00. The number of hydrogen-bond acceptors (Lipinski definition) is 4. The Kier molecular flexibility index (Phi) is 5.30. The Morgan fingerprint density at radius 1 is 1.27 bits per heavy atom. The molecule has 2 amide bonds. The van der Waals surface area contributed by atoms with Crippen molar-refractivity contribution in [2.75, 3.05) is 13.6 Å². The summed E-state index contributed by atoms with van der Waals surface area (Å²) >= 11 is 0. The number of rotatable bonds is 6. The van der Waals surface area contributed by atoms with Gasteiger partial charge in [-0.25, -0.2) is 4.98 Å². The molecule has 2 N–H and O–H groups in total. The van der Waals surface area contributed by atoms with E-state index >= 15 is 0 Å². The molecular weight excluding hydrogens is 282 g/mol. The fourth-order valence-electron chi connectivity index (χ4n) is 2.00. The van der Waals surface area contributed by atoms with Crippen LogP contribution in [0.15, 0.2) is 34.9 Å². The number of amides is 2. The minimum atomic E-state index is -0.258. The highest BCUT2D eigenvalue weighted by Crippen LogP contribution is 2.06. The van der Waals surface area contributed by atoms with E-state index < -0.39 is 0 Å². The number of nitrogens with one attached hydrogen (secondary N) is 2. The normalized spacial score (nSPS) is 10.3. The molecule has 6 nitrogen and oxygen atoms in total. The van der Waals surface area contributed by atoms with Crippen LogP contribution in [0, 0.1) is 0 Å². The van der Waals surface area contributed by atoms with Gasteiger partial charge < -0.3 is 15.1 Å². The Morgan fingerprint density at radius 3 is 2.77 bits per heavy atom. The summed E-state index contributed by atoms with van der Waals surface area (Å²) in [5.74, 6) is 0.162. The molecule has 2 aromatic rings. The highest BCUT2D eigenvalue weighted by atomic mass is 16.3. The average Bonchev–Trinajstić information content (AvgIpc) is 3.03. The Labute approximate surface area is 128 Å². The van der Waals surface area contributed by atoms with E-state index in [-0.39, 0.29) is 17.5 Å². The maximum atomic E-state index is 11.9. The molecule has 0 bridgehead atoms. The monoisotopic (exact) mass is 301 g/mol. The maximum Gasteiger partial charge on any atom is 0.273 e. The standard InChI is InChI=1S/C16H19N3O3/c1-3-14-19-13(10-22-14)16(21)18-8-7-11-5-4-6-12(9-11)15(20)17-2/h4-6,9-10H,3,7-8H2,1-2H3,(H,17,20)(H,18,21). The van der Waals surface area contributed by atoms with Gasteiger partial charge in [0.15, 0.2) is 11.6 Å². The summed E-state index contributed by atoms with van der Waals surface area (Å²) in [4.78, 5) is 27.5. The third-order valence-corrected chi connectivity index (χ3v) is 3.20. The van der Waals surface area contributed by atoms with Crippen molar-refractivity contribution in [1.29, 1.82) is 0 Å². The molecule has 0 aliphatic heterocycles. The Morgan fingerprint density at radius 2 is 2.09 bits per heavy atom. The molecule has 0 unspecified atom stereocenters. The van der Waals surface area contributed by atoms with Crippen LogP contribution in [0.5, 0.6) is 0 Å². The number of oxazole rings is 1. The summed E-state index contributed by atoms with van der Waals surface area (Å²) in [5.41, 5.74) is 1.88. The lowest BCUT2D eigenvalue weighted by atomic mass is 10.1. The largest absolute Gasteiger partial charge is 0.448 e. The topological polar surface area (TPSA) is 84.2 Å². The number of benzene rings is 1. The fraction of sp³-hybridized carbons (Fsp3) is 0.312. The molecule has 0 saturated carbocycles. The predicted octanol–water partition coefficient (Wildman–Crippen LogP) is 1.57. The first-order valence-corrected chi connectivity index (χ1v) is 7.17. The lowest BCUT2D eigenvalue weighted by Crippen LogP contribution is -2.26. The van der Waals surface area contributed by atoms with Crippen molar-refractivity contribution in [2.45, 2.75) is 19.8 Å². The minimum Gasteiger partial charge on any atom is -0.448 e. The van der Waals surface area contributed by atoms with E-state index in [1.807, 2.05) is 25.1 Å². The first-order chi connectivity index (χ1) is 10.6. The molecule has 0 atom stereocenters. The second kappa shape index (κ2) is 7.40. The van der Waals surface area contributed by atoms with Crippen LogP contribution < -0.4 is 10.6 Å². The predicted molar refractivity (Wildman–Crippen MR) is 81.8 cm³/mol. The van der Waals surface area contributed by atoms with Crippen molar-refractivity contribution < 1.29 is 14.0 Å². The van der Waals surface area contributed by atoms with Gasteiger partial charge in [-0.1, -0.05) is 19.1 Å². The Bertz CT molecular complexity index is 664. The zero-order valence-corrected chi connectivity index (χ0v) is 12.7. The van der Waals surface area contributed by atoms with Crippen LogP contribution in [-0.2, 0) is 12.8 Å². The van der Waals surface area contributed by atoms with Crippen LogP contribution >= 0.6 is 0 Å². The zero-order chi connectivity index (χ0) is 15.9. The van der Waals surface area contributed by atoms with E-state index in [1.165, 1.54) is 6.26 Å². The summed E-state index contributed by atoms with van der Waals surface area (Å²) in [5, 5.41) is 5.37. The van der Waals surface area contributed by atoms with Crippen molar-refractivity contribution in [3.05, 3.63) is 53.2 Å². The summed E-state index contributed by atoms with van der Waals surface area (Å²) < 4.78 is 5.14. The first-order valence-electron chi connectivity index (χ1n) is 7.17. The molecule has 0 saturated heterocycles. The Hall–Kier alpha value is -2.63. The lowest BCUT2D eigenvalue weighted by molar-refractivity contribution is 0.0944. The van der Waals surface area contributed by atoms with E-state index in [0.29, 0.717) is 30.8 Å². The maximum absolute atomic E-state index is 11.9. The van der Waals surface area contributed by atoms with Crippen LogP contribution in [0.25, 0.3) is 0 Å². The van der Waals surface area contributed by atoms with Gasteiger partial charge >= 0.3 is 0 Å². The zero-order valence-electron chi connectivity index (χ0n) is 12.7. The van der Waals surface area contributed by atoms with Gasteiger partial charge in [-0.3, -0.25) is 9.59 Å². The molecule has 2 rings (SSSR count). The summed E-state index contributed by atoms with van der Waals surface area (Å²) in [6, 6.07) is 7.32. The molecule has 0 aliphatic carbocycles. The molecule has 1 heterocycles. The molecule has 1 aromatic heterocycles. The summed E-state index contributed by atoms with van der Waals surface area (Å²) in [7, 11) is 1.59. The van der Waals surface area contributed by atoms with E-state index in [4.69, 9.17) is 4.42 Å². The highest BCUT2D eigenvalue weighted by molar-refractivity contribution is 5.94. The Balaban J connectivity index is 1.88. The van der Waals surface area contributed by atoms with Crippen molar-refractivity contribution in [3.63, 3.8) is 0 Å². The van der Waals surface area contributed by atoms with Gasteiger partial charge in [0, 0.05) is 25.6 Å². The van der Waals surface area contributed by atoms with Crippen LogP contribution in [0.1, 0.15) is 39.2 Å². The number of carbonyl (C=O) groups is 2. The van der Waals surface area contributed by atoms with Crippen LogP contribution in [0.4, 0.5) is 0 Å². The smallest absolute Gasteiger partial charge is 0.273 e. The van der Waals surface area contributed by atoms with Crippen molar-refractivity contribution in [2.24, 2.45) is 0 Å². The van der Waals surface area contributed by atoms with Gasteiger partial charge in [0.05, 0.1) is 0 Å². The van der Waals surface area contributed by atoms with Crippen molar-refractivity contribution >= 4 is 11.8 Å². The van der Waals surface area contributed by atoms with Gasteiger partial charge in [0.25, 0.3) is 11.8 Å². The third-order valence-electron chi connectivity index (χ3n) is 3.20. The molecular formula is C16H19N3O3. The summed E-state index contributed by atoms with van der Waals surface area (Å²) in [6.45, 7) is 2.37. The first kappa shape index (κ1) is 15.8. The summed E-state index contributed by atoms with van der Waals surface area (Å²) in [6.07, 6.45) is 2.65. The van der Waals surface area contributed by atoms with Crippen LogP contribution in [-0.4, -0.2) is 30.4 Å². The number of nitrogens with zero attached hydrogens (tertiary/aromatic N) is 1. The molecule has 6 heteroatoms. The second-order valence-electron chi connectivity index (χ2n) is 4.77. The van der Waals surface area contributed by atoms with Crippen molar-refractivity contribution in [1.82, 2.24) is 15.6 Å². The molecule has 0 spiro atoms. The second-order valence-corrected chi connectivity index (χ2v) is 4.77. The van der Waals surface area contributed by atoms with Gasteiger partial charge in [-0.2, -0.15) is 0 Å². The molecule has 0 radical (unpaired) electrons. The minimum absolute atomic E-state index is 0.124. The quantitative estimate of drug-likeness (QED) is 0.848. The van der Waals surface area contributed by atoms with Crippen LogP contribution in [0.3, 0.4) is 0 Å². The number of aryl methyl sites for hydroxylation is 1. The highest BCUT2D eigenvalue weighted by Gasteiger charge is 2.11. The van der Waals surface area contributed by atoms with E-state index in [1.54, 1.807) is 13.1 Å². The van der Waals surface area contributed by atoms with Gasteiger partial charge in [-0.15, -0.1) is 0 Å². The van der Waals surface area contributed by atoms with E-state index in [0.717, 1.165) is 5.56 Å². The molecule has 0 aliphatic rings. The molecule has 116 valence electrons. The number of hydrogen-bond donors (Lipinski definition) is 2. The van der Waals surface area contributed by atoms with Crippen LogP contribution in [0.2, 0.25) is 0 Å². The molecule has 22 heavy (non-hydrogen) atoms. The average molecular weight is 301 g/mol. The SMILES string of the molecule is CCc1nc(C(=O)NCCc2cccc(C(=O)NC)c2)co1. The van der Waals surface area contributed by atoms with E-state index in [2.05, 4.69) is 15.6 Å². The molecule has 1 aromatic carbocycles. The number of aromatic nitrogens is 1. The number of carbonyl (C=O) groups excluding carboxylic acids is 2.